The molecule has 0 radical (unpaired) electrons. The molecule has 1 aromatic rings. The summed E-state index contributed by atoms with van der Waals surface area (Å²) < 4.78 is 1.18. The molecule has 6 heteroatoms. The monoisotopic (exact) mass is 231 g/mol. The maximum atomic E-state index is 11.4. The van der Waals surface area contributed by atoms with Gasteiger partial charge in [-0.25, -0.2) is 4.68 Å². The molecule has 0 spiro atoms. The van der Waals surface area contributed by atoms with Gasteiger partial charge < -0.3 is 10.4 Å². The minimum atomic E-state index is -0.316. The van der Waals surface area contributed by atoms with E-state index >= 15 is 0 Å². The van der Waals surface area contributed by atoms with E-state index < -0.39 is 0 Å². The van der Waals surface area contributed by atoms with Crippen LogP contribution in [0.15, 0.2) is 11.0 Å². The van der Waals surface area contributed by atoms with Crippen molar-refractivity contribution in [1.82, 2.24) is 9.78 Å². The second-order valence-corrected chi connectivity index (χ2v) is 3.54. The number of hydrogen-bond acceptors (Lipinski definition) is 4. The van der Waals surface area contributed by atoms with E-state index in [9.17, 15) is 4.79 Å². The molecule has 0 bridgehead atoms. The van der Waals surface area contributed by atoms with Gasteiger partial charge in [0.1, 0.15) is 5.02 Å². The zero-order chi connectivity index (χ0) is 11.3. The van der Waals surface area contributed by atoms with Crippen LogP contribution in [0.4, 0.5) is 5.69 Å². The molecule has 15 heavy (non-hydrogen) atoms. The van der Waals surface area contributed by atoms with E-state index in [1.54, 1.807) is 7.05 Å². The molecular weight excluding hydrogens is 218 g/mol. The SMILES string of the molecule is Cn1ncc(NCCCCO)c(Cl)c1=O. The Labute approximate surface area is 92.7 Å². The lowest BCUT2D eigenvalue weighted by atomic mass is 10.3. The number of aromatic nitrogens is 2. The molecule has 0 fully saturated rings. The van der Waals surface area contributed by atoms with Crippen molar-refractivity contribution in [3.8, 4) is 0 Å². The van der Waals surface area contributed by atoms with Crippen molar-refractivity contribution in [3.63, 3.8) is 0 Å². The third-order valence-electron chi connectivity index (χ3n) is 1.98. The molecule has 0 saturated heterocycles. The molecule has 0 aliphatic rings. The van der Waals surface area contributed by atoms with Gasteiger partial charge >= 0.3 is 0 Å². The highest BCUT2D eigenvalue weighted by Gasteiger charge is 2.05. The minimum Gasteiger partial charge on any atom is -0.396 e. The average Bonchev–Trinajstić information content (AvgIpc) is 2.24. The first-order chi connectivity index (χ1) is 7.16. The van der Waals surface area contributed by atoms with Gasteiger partial charge in [-0.05, 0) is 12.8 Å². The Morgan fingerprint density at radius 2 is 2.33 bits per heavy atom. The summed E-state index contributed by atoms with van der Waals surface area (Å²) in [6.07, 6.45) is 3.06. The van der Waals surface area contributed by atoms with Crippen LogP contribution < -0.4 is 10.9 Å². The molecule has 1 heterocycles. The number of halogens is 1. The van der Waals surface area contributed by atoms with Crippen LogP contribution in [0.3, 0.4) is 0 Å². The van der Waals surface area contributed by atoms with Gasteiger partial charge in [-0.2, -0.15) is 5.10 Å². The number of aliphatic hydroxyl groups is 1. The van der Waals surface area contributed by atoms with Crippen molar-refractivity contribution in [2.45, 2.75) is 12.8 Å². The molecule has 5 nitrogen and oxygen atoms in total. The van der Waals surface area contributed by atoms with Crippen LogP contribution in [0.1, 0.15) is 12.8 Å². The largest absolute Gasteiger partial charge is 0.396 e. The quantitative estimate of drug-likeness (QED) is 0.729. The predicted molar refractivity (Wildman–Crippen MR) is 59.3 cm³/mol. The number of anilines is 1. The van der Waals surface area contributed by atoms with Crippen LogP contribution >= 0.6 is 11.6 Å². The average molecular weight is 232 g/mol. The molecule has 0 aliphatic heterocycles. The first-order valence-corrected chi connectivity index (χ1v) is 5.11. The second-order valence-electron chi connectivity index (χ2n) is 3.16. The van der Waals surface area contributed by atoms with Crippen LogP contribution in [-0.4, -0.2) is 28.0 Å². The van der Waals surface area contributed by atoms with Gasteiger partial charge in [0.05, 0.1) is 11.9 Å². The zero-order valence-electron chi connectivity index (χ0n) is 8.53. The van der Waals surface area contributed by atoms with E-state index in [1.165, 1.54) is 10.9 Å². The van der Waals surface area contributed by atoms with Gasteiger partial charge in [-0.1, -0.05) is 11.6 Å². The minimum absolute atomic E-state index is 0.150. The molecule has 0 atom stereocenters. The van der Waals surface area contributed by atoms with Crippen molar-refractivity contribution in [3.05, 3.63) is 21.6 Å². The molecule has 0 saturated carbocycles. The smallest absolute Gasteiger partial charge is 0.287 e. The van der Waals surface area contributed by atoms with Crippen LogP contribution in [0, 0.1) is 0 Å². The van der Waals surface area contributed by atoms with Gasteiger partial charge in [-0.3, -0.25) is 4.79 Å². The summed E-state index contributed by atoms with van der Waals surface area (Å²) in [7, 11) is 1.55. The predicted octanol–water partition coefficient (Wildman–Crippen LogP) is 0.618. The van der Waals surface area contributed by atoms with Crippen LogP contribution in [0.5, 0.6) is 0 Å². The molecule has 84 valence electrons. The molecule has 0 aromatic carbocycles. The van der Waals surface area contributed by atoms with Gasteiger partial charge in [0.2, 0.25) is 0 Å². The normalized spacial score (nSPS) is 10.3. The lowest BCUT2D eigenvalue weighted by Crippen LogP contribution is -2.21. The topological polar surface area (TPSA) is 67.2 Å². The second kappa shape index (κ2) is 5.72. The fourth-order valence-corrected chi connectivity index (χ4v) is 1.33. The van der Waals surface area contributed by atoms with Crippen molar-refractivity contribution in [1.29, 1.82) is 0 Å². The fourth-order valence-electron chi connectivity index (χ4n) is 1.09. The zero-order valence-corrected chi connectivity index (χ0v) is 9.29. The summed E-state index contributed by atoms with van der Waals surface area (Å²) in [5.41, 5.74) is 0.224. The van der Waals surface area contributed by atoms with Gasteiger partial charge in [0.15, 0.2) is 0 Å². The molecule has 0 amide bonds. The maximum absolute atomic E-state index is 11.4. The molecule has 0 unspecified atom stereocenters. The third kappa shape index (κ3) is 3.21. The number of aliphatic hydroxyl groups excluding tert-OH is 1. The van der Waals surface area contributed by atoms with Crippen molar-refractivity contribution in [2.24, 2.45) is 7.05 Å². The highest BCUT2D eigenvalue weighted by molar-refractivity contribution is 6.32. The number of aryl methyl sites for hydroxylation is 1. The maximum Gasteiger partial charge on any atom is 0.287 e. The summed E-state index contributed by atoms with van der Waals surface area (Å²) in [5, 5.41) is 15.6. The van der Waals surface area contributed by atoms with Crippen LogP contribution in [0.25, 0.3) is 0 Å². The van der Waals surface area contributed by atoms with E-state index in [0.29, 0.717) is 12.2 Å². The number of nitrogens with one attached hydrogen (secondary N) is 1. The van der Waals surface area contributed by atoms with Crippen LogP contribution in [0.2, 0.25) is 5.02 Å². The Hall–Kier alpha value is -1.07. The Kier molecular flexibility index (Phi) is 4.58. The summed E-state index contributed by atoms with van der Waals surface area (Å²) in [5.74, 6) is 0. The fraction of sp³-hybridized carbons (Fsp3) is 0.556. The molecule has 0 aliphatic carbocycles. The lowest BCUT2D eigenvalue weighted by Gasteiger charge is -2.07. The third-order valence-corrected chi connectivity index (χ3v) is 2.34. The molecule has 1 rings (SSSR count). The van der Waals surface area contributed by atoms with Gasteiger partial charge in [-0.15, -0.1) is 0 Å². The van der Waals surface area contributed by atoms with Gasteiger partial charge in [0, 0.05) is 20.2 Å². The van der Waals surface area contributed by atoms with Crippen molar-refractivity contribution < 1.29 is 5.11 Å². The first kappa shape index (κ1) is 12.0. The molecular formula is C9H14ClN3O2. The van der Waals surface area contributed by atoms with E-state index in [-0.39, 0.29) is 17.2 Å². The highest BCUT2D eigenvalue weighted by atomic mass is 35.5. The van der Waals surface area contributed by atoms with Crippen molar-refractivity contribution >= 4 is 17.3 Å². The van der Waals surface area contributed by atoms with E-state index in [2.05, 4.69) is 10.4 Å². The molecule has 2 N–H and O–H groups in total. The Bertz CT molecular complexity index is 378. The van der Waals surface area contributed by atoms with E-state index in [1.807, 2.05) is 0 Å². The summed E-state index contributed by atoms with van der Waals surface area (Å²) in [4.78, 5) is 11.4. The Balaban J connectivity index is 2.62. The van der Waals surface area contributed by atoms with E-state index in [4.69, 9.17) is 16.7 Å². The highest BCUT2D eigenvalue weighted by Crippen LogP contribution is 2.14. The number of unbranched alkanes of at least 4 members (excludes halogenated alkanes) is 1. The van der Waals surface area contributed by atoms with Crippen LogP contribution in [-0.2, 0) is 7.05 Å². The summed E-state index contributed by atoms with van der Waals surface area (Å²) in [6, 6.07) is 0. The number of rotatable bonds is 5. The van der Waals surface area contributed by atoms with Crippen molar-refractivity contribution in [2.75, 3.05) is 18.5 Å². The Morgan fingerprint density at radius 1 is 1.60 bits per heavy atom. The Morgan fingerprint density at radius 3 is 3.00 bits per heavy atom. The first-order valence-electron chi connectivity index (χ1n) is 4.73. The summed E-state index contributed by atoms with van der Waals surface area (Å²) in [6.45, 7) is 0.833. The molecule has 1 aromatic heterocycles. The summed E-state index contributed by atoms with van der Waals surface area (Å²) >= 11 is 5.83. The van der Waals surface area contributed by atoms with E-state index in [0.717, 1.165) is 12.8 Å². The van der Waals surface area contributed by atoms with Gasteiger partial charge in [0.25, 0.3) is 5.56 Å². The standard InChI is InChI=1S/C9H14ClN3O2/c1-13-9(15)8(10)7(6-12-13)11-4-2-3-5-14/h6,11,14H,2-5H2,1H3. The lowest BCUT2D eigenvalue weighted by molar-refractivity contribution is 0.286. The number of hydrogen-bond donors (Lipinski definition) is 2. The number of nitrogens with zero attached hydrogens (tertiary/aromatic N) is 2.